The van der Waals surface area contributed by atoms with Crippen molar-refractivity contribution in [2.75, 3.05) is 11.5 Å². The first-order chi connectivity index (χ1) is 13.0. The average Bonchev–Trinajstić information content (AvgIpc) is 3.09. The average molecular weight is 454 g/mol. The second kappa shape index (κ2) is 7.65. The maximum absolute atomic E-state index is 12.9. The number of pyridine rings is 1. The van der Waals surface area contributed by atoms with Crippen molar-refractivity contribution < 1.29 is 22.7 Å². The van der Waals surface area contributed by atoms with E-state index in [-0.39, 0.29) is 11.5 Å². The van der Waals surface area contributed by atoms with Crippen LogP contribution in [0.5, 0.6) is 0 Å². The van der Waals surface area contributed by atoms with Crippen molar-refractivity contribution in [1.82, 2.24) is 15.2 Å². The Hall–Kier alpha value is -2.23. The lowest BCUT2D eigenvalue weighted by atomic mass is 10.2. The predicted octanol–water partition coefficient (Wildman–Crippen LogP) is 5.62. The summed E-state index contributed by atoms with van der Waals surface area (Å²) in [6.07, 6.45) is -4.17. The molecular weight excluding hydrogens is 444 g/mol. The molecule has 12 heteroatoms. The maximum atomic E-state index is 12.9. The number of rotatable bonds is 3. The summed E-state index contributed by atoms with van der Waals surface area (Å²) >= 11 is 16.7. The van der Waals surface area contributed by atoms with Gasteiger partial charge in [0.15, 0.2) is 5.82 Å². The number of benzene rings is 1. The smallest absolute Gasteiger partial charge is 0.432 e. The summed E-state index contributed by atoms with van der Waals surface area (Å²) in [6, 6.07) is 8.69. The van der Waals surface area contributed by atoms with Gasteiger partial charge in [0.25, 0.3) is 0 Å². The SMILES string of the molecule is O=C(OCC(Cl)(Cl)Cl)N(c1ccc2ncccc2c1)c1cc(C(F)(F)F)[nH]n1. The molecule has 0 aliphatic rings. The van der Waals surface area contributed by atoms with Crippen molar-refractivity contribution in [2.24, 2.45) is 0 Å². The highest BCUT2D eigenvalue weighted by molar-refractivity contribution is 6.67. The third-order valence-corrected chi connectivity index (χ3v) is 3.81. The van der Waals surface area contributed by atoms with Gasteiger partial charge in [0.2, 0.25) is 3.79 Å². The second-order valence-electron chi connectivity index (χ2n) is 5.52. The van der Waals surface area contributed by atoms with E-state index in [2.05, 4.69) is 10.1 Å². The highest BCUT2D eigenvalue weighted by Gasteiger charge is 2.35. The van der Waals surface area contributed by atoms with Gasteiger partial charge in [-0.2, -0.15) is 18.3 Å². The summed E-state index contributed by atoms with van der Waals surface area (Å²) in [4.78, 5) is 17.5. The van der Waals surface area contributed by atoms with E-state index in [1.165, 1.54) is 6.07 Å². The van der Waals surface area contributed by atoms with Crippen molar-refractivity contribution in [3.05, 3.63) is 48.3 Å². The van der Waals surface area contributed by atoms with Gasteiger partial charge >= 0.3 is 12.3 Å². The third kappa shape index (κ3) is 4.78. The lowest BCUT2D eigenvalue weighted by Gasteiger charge is -2.21. The molecule has 0 atom stereocenters. The topological polar surface area (TPSA) is 71.1 Å². The van der Waals surface area contributed by atoms with Crippen molar-refractivity contribution in [2.45, 2.75) is 9.97 Å². The zero-order valence-corrected chi connectivity index (χ0v) is 15.9. The Bertz CT molecular complexity index is 1000. The molecule has 2 aromatic heterocycles. The van der Waals surface area contributed by atoms with E-state index < -0.39 is 28.4 Å². The largest absolute Gasteiger partial charge is 0.444 e. The van der Waals surface area contributed by atoms with Crippen LogP contribution >= 0.6 is 34.8 Å². The first kappa shape index (κ1) is 20.5. The monoisotopic (exact) mass is 452 g/mol. The summed E-state index contributed by atoms with van der Waals surface area (Å²) in [6.45, 7) is -0.612. The fourth-order valence-electron chi connectivity index (χ4n) is 2.31. The number of carbonyl (C=O) groups is 1. The number of amides is 1. The number of nitrogens with one attached hydrogen (secondary N) is 1. The number of hydrogen-bond donors (Lipinski definition) is 1. The predicted molar refractivity (Wildman–Crippen MR) is 99.1 cm³/mol. The van der Waals surface area contributed by atoms with Gasteiger partial charge in [-0.25, -0.2) is 9.69 Å². The molecule has 6 nitrogen and oxygen atoms in total. The van der Waals surface area contributed by atoms with Crippen molar-refractivity contribution >= 4 is 63.3 Å². The Kier molecular flexibility index (Phi) is 5.60. The number of fused-ring (bicyclic) bond motifs is 1. The number of carbonyl (C=O) groups excluding carboxylic acids is 1. The Morgan fingerprint density at radius 3 is 2.57 bits per heavy atom. The van der Waals surface area contributed by atoms with E-state index in [4.69, 9.17) is 39.5 Å². The van der Waals surface area contributed by atoms with Gasteiger partial charge in [-0.05, 0) is 24.3 Å². The van der Waals surface area contributed by atoms with Crippen LogP contribution in [0.2, 0.25) is 0 Å². The van der Waals surface area contributed by atoms with Crippen LogP contribution in [0.25, 0.3) is 10.9 Å². The third-order valence-electron chi connectivity index (χ3n) is 3.49. The first-order valence-electron chi connectivity index (χ1n) is 7.55. The highest BCUT2D eigenvalue weighted by Crippen LogP contribution is 2.34. The Morgan fingerprint density at radius 2 is 1.93 bits per heavy atom. The standard InChI is InChI=1S/C16H10Cl3F3N4O2/c17-15(18,19)8-28-14(27)26(13-7-12(24-25-13)16(20,21)22)10-3-4-11-9(6-10)2-1-5-23-11/h1-7H,8H2,(H,24,25). The number of halogens is 6. The molecule has 2 heterocycles. The Labute approximate surface area is 171 Å². The number of hydrogen-bond acceptors (Lipinski definition) is 4. The molecule has 0 saturated heterocycles. The summed E-state index contributed by atoms with van der Waals surface area (Å²) in [5, 5.41) is 6.06. The van der Waals surface area contributed by atoms with Crippen LogP contribution in [0.15, 0.2) is 42.6 Å². The number of ether oxygens (including phenoxy) is 1. The van der Waals surface area contributed by atoms with Crippen LogP contribution < -0.4 is 4.90 Å². The lowest BCUT2D eigenvalue weighted by molar-refractivity contribution is -0.141. The quantitative estimate of drug-likeness (QED) is 0.522. The lowest BCUT2D eigenvalue weighted by Crippen LogP contribution is -2.30. The molecule has 1 aromatic carbocycles. The van der Waals surface area contributed by atoms with E-state index in [1.807, 2.05) is 5.10 Å². The number of alkyl halides is 6. The molecule has 0 unspecified atom stereocenters. The van der Waals surface area contributed by atoms with E-state index >= 15 is 0 Å². The molecule has 3 rings (SSSR count). The minimum absolute atomic E-state index is 0.190. The van der Waals surface area contributed by atoms with E-state index in [1.54, 1.807) is 30.5 Å². The van der Waals surface area contributed by atoms with Gasteiger partial charge in [0.05, 0.1) is 11.2 Å². The van der Waals surface area contributed by atoms with Crippen LogP contribution in [0.1, 0.15) is 5.69 Å². The highest BCUT2D eigenvalue weighted by atomic mass is 35.6. The number of aromatic amines is 1. The van der Waals surface area contributed by atoms with Gasteiger partial charge in [0, 0.05) is 17.6 Å². The maximum Gasteiger partial charge on any atom is 0.432 e. The molecule has 0 aliphatic heterocycles. The fourth-order valence-corrected chi connectivity index (χ4v) is 2.48. The molecule has 1 N–H and O–H groups in total. The molecule has 0 bridgehead atoms. The number of H-pyrrole nitrogens is 1. The Morgan fingerprint density at radius 1 is 1.18 bits per heavy atom. The van der Waals surface area contributed by atoms with Gasteiger partial charge in [0.1, 0.15) is 12.3 Å². The summed E-state index contributed by atoms with van der Waals surface area (Å²) in [5.74, 6) is -0.343. The summed E-state index contributed by atoms with van der Waals surface area (Å²) < 4.78 is 41.8. The molecule has 0 radical (unpaired) electrons. The van der Waals surface area contributed by atoms with Crippen LogP contribution in [0.4, 0.5) is 29.5 Å². The molecule has 0 spiro atoms. The fraction of sp³-hybridized carbons (Fsp3) is 0.188. The van der Waals surface area contributed by atoms with Gasteiger partial charge in [-0.15, -0.1) is 0 Å². The van der Waals surface area contributed by atoms with Crippen molar-refractivity contribution in [3.63, 3.8) is 0 Å². The normalized spacial score (nSPS) is 12.2. The van der Waals surface area contributed by atoms with Crippen LogP contribution in [0.3, 0.4) is 0 Å². The van der Waals surface area contributed by atoms with Gasteiger partial charge in [-0.1, -0.05) is 40.9 Å². The van der Waals surface area contributed by atoms with Crippen LogP contribution in [-0.4, -0.2) is 31.7 Å². The molecule has 148 valence electrons. The van der Waals surface area contributed by atoms with E-state index in [0.29, 0.717) is 17.0 Å². The molecule has 28 heavy (non-hydrogen) atoms. The van der Waals surface area contributed by atoms with E-state index in [9.17, 15) is 18.0 Å². The Balaban J connectivity index is 2.02. The summed E-state index contributed by atoms with van der Waals surface area (Å²) in [7, 11) is 0. The molecule has 0 saturated carbocycles. The van der Waals surface area contributed by atoms with Gasteiger partial charge < -0.3 is 4.74 Å². The minimum atomic E-state index is -4.67. The molecule has 1 amide bonds. The zero-order chi connectivity index (χ0) is 20.5. The number of anilines is 2. The van der Waals surface area contributed by atoms with Crippen molar-refractivity contribution in [1.29, 1.82) is 0 Å². The van der Waals surface area contributed by atoms with E-state index in [0.717, 1.165) is 4.90 Å². The minimum Gasteiger partial charge on any atom is -0.444 e. The van der Waals surface area contributed by atoms with Crippen LogP contribution in [-0.2, 0) is 10.9 Å². The summed E-state index contributed by atoms with van der Waals surface area (Å²) in [5.41, 5.74) is -0.321. The molecule has 3 aromatic rings. The van der Waals surface area contributed by atoms with Crippen LogP contribution in [0, 0.1) is 0 Å². The molecule has 0 fully saturated rings. The van der Waals surface area contributed by atoms with Crippen molar-refractivity contribution in [3.8, 4) is 0 Å². The second-order valence-corrected chi connectivity index (χ2v) is 8.04. The first-order valence-corrected chi connectivity index (χ1v) is 8.69. The van der Waals surface area contributed by atoms with Gasteiger partial charge in [-0.3, -0.25) is 10.1 Å². The number of aromatic nitrogens is 3. The molecular formula is C16H10Cl3F3N4O2. The number of nitrogens with zero attached hydrogens (tertiary/aromatic N) is 3. The zero-order valence-electron chi connectivity index (χ0n) is 13.7. The molecule has 0 aliphatic carbocycles.